The number of piperidine rings is 1. The van der Waals surface area contributed by atoms with Gasteiger partial charge >= 0.3 is 0 Å². The van der Waals surface area contributed by atoms with Crippen LogP contribution in [0, 0.1) is 0 Å². The highest BCUT2D eigenvalue weighted by molar-refractivity contribution is 4.95. The monoisotopic (exact) mass is 240 g/mol. The van der Waals surface area contributed by atoms with Gasteiger partial charge in [-0.25, -0.2) is 0 Å². The van der Waals surface area contributed by atoms with Crippen molar-refractivity contribution in [2.45, 2.75) is 57.6 Å². The van der Waals surface area contributed by atoms with Crippen LogP contribution in [0.3, 0.4) is 0 Å². The first-order valence-electron chi connectivity index (χ1n) is 7.37. The summed E-state index contributed by atoms with van der Waals surface area (Å²) < 4.78 is 5.71. The van der Waals surface area contributed by atoms with Crippen molar-refractivity contribution < 1.29 is 4.74 Å². The third-order valence-corrected chi connectivity index (χ3v) is 4.47. The molecule has 1 N–H and O–H groups in total. The van der Waals surface area contributed by atoms with Crippen LogP contribution < -0.4 is 5.32 Å². The second-order valence-corrected chi connectivity index (χ2v) is 5.60. The fourth-order valence-electron chi connectivity index (χ4n) is 3.32. The van der Waals surface area contributed by atoms with E-state index in [1.54, 1.807) is 0 Å². The Labute approximate surface area is 106 Å². The fourth-order valence-corrected chi connectivity index (χ4v) is 3.32. The molecular formula is C14H28N2O. The maximum Gasteiger partial charge on any atom is 0.0599 e. The summed E-state index contributed by atoms with van der Waals surface area (Å²) in [4.78, 5) is 2.64. The molecule has 0 saturated carbocycles. The van der Waals surface area contributed by atoms with Crippen LogP contribution in [0.5, 0.6) is 0 Å². The van der Waals surface area contributed by atoms with Crippen molar-refractivity contribution in [2.75, 3.05) is 32.8 Å². The molecule has 2 saturated heterocycles. The summed E-state index contributed by atoms with van der Waals surface area (Å²) in [7, 11) is 0. The topological polar surface area (TPSA) is 24.5 Å². The zero-order chi connectivity index (χ0) is 12.1. The lowest BCUT2D eigenvalue weighted by Crippen LogP contribution is -2.51. The SMILES string of the molecule is CCOC1CCN(CC2(CC)CCCN2)CC1. The molecule has 0 bridgehead atoms. The minimum Gasteiger partial charge on any atom is -0.378 e. The minimum atomic E-state index is 0.415. The largest absolute Gasteiger partial charge is 0.378 e. The molecular weight excluding hydrogens is 212 g/mol. The first-order valence-corrected chi connectivity index (χ1v) is 7.37. The molecule has 0 aromatic carbocycles. The molecule has 2 fully saturated rings. The summed E-state index contributed by atoms with van der Waals surface area (Å²) in [6, 6.07) is 0. The van der Waals surface area contributed by atoms with E-state index in [4.69, 9.17) is 4.74 Å². The number of likely N-dealkylation sites (tertiary alicyclic amines) is 1. The minimum absolute atomic E-state index is 0.415. The summed E-state index contributed by atoms with van der Waals surface area (Å²) in [6.07, 6.45) is 6.92. The highest BCUT2D eigenvalue weighted by atomic mass is 16.5. The molecule has 0 aromatic rings. The van der Waals surface area contributed by atoms with E-state index < -0.39 is 0 Å². The van der Waals surface area contributed by atoms with Gasteiger partial charge < -0.3 is 15.0 Å². The van der Waals surface area contributed by atoms with Crippen LogP contribution in [-0.4, -0.2) is 49.3 Å². The molecule has 2 aliphatic rings. The molecule has 0 aromatic heterocycles. The molecule has 0 aliphatic carbocycles. The number of hydrogen-bond acceptors (Lipinski definition) is 3. The molecule has 17 heavy (non-hydrogen) atoms. The van der Waals surface area contributed by atoms with Crippen molar-refractivity contribution in [3.05, 3.63) is 0 Å². The van der Waals surface area contributed by atoms with Crippen LogP contribution in [0.15, 0.2) is 0 Å². The smallest absolute Gasteiger partial charge is 0.0599 e. The average molecular weight is 240 g/mol. The van der Waals surface area contributed by atoms with Gasteiger partial charge in [0, 0.05) is 31.8 Å². The Morgan fingerprint density at radius 3 is 2.59 bits per heavy atom. The van der Waals surface area contributed by atoms with E-state index in [0.717, 1.165) is 6.61 Å². The molecule has 2 aliphatic heterocycles. The number of nitrogens with zero attached hydrogens (tertiary/aromatic N) is 1. The number of ether oxygens (including phenoxy) is 1. The maximum absolute atomic E-state index is 5.71. The zero-order valence-electron chi connectivity index (χ0n) is 11.5. The van der Waals surface area contributed by atoms with Crippen LogP contribution >= 0.6 is 0 Å². The molecule has 1 unspecified atom stereocenters. The highest BCUT2D eigenvalue weighted by Gasteiger charge is 2.34. The summed E-state index contributed by atoms with van der Waals surface area (Å²) in [5, 5.41) is 3.73. The predicted molar refractivity (Wildman–Crippen MR) is 71.3 cm³/mol. The second-order valence-electron chi connectivity index (χ2n) is 5.60. The van der Waals surface area contributed by atoms with Crippen molar-refractivity contribution in [2.24, 2.45) is 0 Å². The van der Waals surface area contributed by atoms with E-state index >= 15 is 0 Å². The van der Waals surface area contributed by atoms with Gasteiger partial charge in [-0.1, -0.05) is 6.92 Å². The van der Waals surface area contributed by atoms with Crippen molar-refractivity contribution in [1.29, 1.82) is 0 Å². The van der Waals surface area contributed by atoms with Gasteiger partial charge in [-0.15, -0.1) is 0 Å². The quantitative estimate of drug-likeness (QED) is 0.795. The molecule has 1 atom stereocenters. The Morgan fingerprint density at radius 2 is 2.06 bits per heavy atom. The van der Waals surface area contributed by atoms with Gasteiger partial charge in [0.05, 0.1) is 6.10 Å². The Morgan fingerprint density at radius 1 is 1.29 bits per heavy atom. The standard InChI is InChI=1S/C14H28N2O/c1-3-14(8-5-9-15-14)12-16-10-6-13(7-11-16)17-4-2/h13,15H,3-12H2,1-2H3. The van der Waals surface area contributed by atoms with Gasteiger partial charge in [0.15, 0.2) is 0 Å². The molecule has 2 rings (SSSR count). The van der Waals surface area contributed by atoms with Gasteiger partial charge in [-0.05, 0) is 45.6 Å². The zero-order valence-corrected chi connectivity index (χ0v) is 11.5. The van der Waals surface area contributed by atoms with Gasteiger partial charge in [0.25, 0.3) is 0 Å². The summed E-state index contributed by atoms with van der Waals surface area (Å²) in [5.74, 6) is 0. The van der Waals surface area contributed by atoms with Crippen LogP contribution in [0.4, 0.5) is 0 Å². The molecule has 2 heterocycles. The first-order chi connectivity index (χ1) is 8.28. The van der Waals surface area contributed by atoms with E-state index in [1.165, 1.54) is 58.3 Å². The van der Waals surface area contributed by atoms with Gasteiger partial charge in [-0.3, -0.25) is 0 Å². The molecule has 0 spiro atoms. The van der Waals surface area contributed by atoms with Crippen LogP contribution in [-0.2, 0) is 4.74 Å². The van der Waals surface area contributed by atoms with Crippen molar-refractivity contribution in [3.8, 4) is 0 Å². The number of nitrogens with one attached hydrogen (secondary N) is 1. The van der Waals surface area contributed by atoms with Crippen LogP contribution in [0.1, 0.15) is 46.0 Å². The van der Waals surface area contributed by atoms with E-state index in [1.807, 2.05) is 0 Å². The van der Waals surface area contributed by atoms with Crippen molar-refractivity contribution in [1.82, 2.24) is 10.2 Å². The highest BCUT2D eigenvalue weighted by Crippen LogP contribution is 2.25. The second kappa shape index (κ2) is 6.17. The van der Waals surface area contributed by atoms with Gasteiger partial charge in [-0.2, -0.15) is 0 Å². The van der Waals surface area contributed by atoms with Crippen LogP contribution in [0.25, 0.3) is 0 Å². The van der Waals surface area contributed by atoms with Gasteiger partial charge in [0.1, 0.15) is 0 Å². The molecule has 3 heteroatoms. The summed E-state index contributed by atoms with van der Waals surface area (Å²) in [5.41, 5.74) is 0.415. The third-order valence-electron chi connectivity index (χ3n) is 4.47. The fraction of sp³-hybridized carbons (Fsp3) is 1.00. The molecule has 0 radical (unpaired) electrons. The van der Waals surface area contributed by atoms with E-state index in [2.05, 4.69) is 24.1 Å². The lowest BCUT2D eigenvalue weighted by molar-refractivity contribution is 0.00837. The van der Waals surface area contributed by atoms with E-state index in [0.29, 0.717) is 11.6 Å². The Balaban J connectivity index is 1.77. The van der Waals surface area contributed by atoms with E-state index in [-0.39, 0.29) is 0 Å². The lowest BCUT2D eigenvalue weighted by Gasteiger charge is -2.38. The predicted octanol–water partition coefficient (Wildman–Crippen LogP) is 2.02. The molecule has 100 valence electrons. The summed E-state index contributed by atoms with van der Waals surface area (Å²) in [6.45, 7) is 10.2. The summed E-state index contributed by atoms with van der Waals surface area (Å²) >= 11 is 0. The van der Waals surface area contributed by atoms with Crippen molar-refractivity contribution in [3.63, 3.8) is 0 Å². The molecule has 0 amide bonds. The van der Waals surface area contributed by atoms with Gasteiger partial charge in [0.2, 0.25) is 0 Å². The third kappa shape index (κ3) is 3.43. The van der Waals surface area contributed by atoms with Crippen molar-refractivity contribution >= 4 is 0 Å². The maximum atomic E-state index is 5.71. The van der Waals surface area contributed by atoms with E-state index in [9.17, 15) is 0 Å². The Bertz CT molecular complexity index is 218. The number of hydrogen-bond donors (Lipinski definition) is 1. The normalized spacial score (nSPS) is 32.1. The Hall–Kier alpha value is -0.120. The first kappa shape index (κ1) is 13.3. The lowest BCUT2D eigenvalue weighted by atomic mass is 9.92. The van der Waals surface area contributed by atoms with Crippen LogP contribution in [0.2, 0.25) is 0 Å². The average Bonchev–Trinajstić information content (AvgIpc) is 2.81. The molecule has 3 nitrogen and oxygen atoms in total. The Kier molecular flexibility index (Phi) is 4.83. The number of rotatable bonds is 5.